The van der Waals surface area contributed by atoms with Crippen LogP contribution in [0, 0.1) is 0 Å². The average molecular weight is 265 g/mol. The van der Waals surface area contributed by atoms with Gasteiger partial charge in [0.15, 0.2) is 0 Å². The van der Waals surface area contributed by atoms with E-state index in [1.54, 1.807) is 6.20 Å². The minimum Gasteiger partial charge on any atom is -0.281 e. The zero-order valence-electron chi connectivity index (χ0n) is 10.1. The molecule has 3 rings (SSSR count). The van der Waals surface area contributed by atoms with Crippen molar-refractivity contribution in [3.8, 4) is 0 Å². The Balaban J connectivity index is 1.96. The van der Waals surface area contributed by atoms with Crippen LogP contribution in [0.25, 0.3) is 10.8 Å². The number of nitrogens with zero attached hydrogens (tertiary/aromatic N) is 1. The van der Waals surface area contributed by atoms with Crippen LogP contribution in [0.3, 0.4) is 0 Å². The van der Waals surface area contributed by atoms with E-state index in [4.69, 9.17) is 0 Å². The van der Waals surface area contributed by atoms with Gasteiger partial charge < -0.3 is 0 Å². The number of carbonyl (C=O) groups is 1. The van der Waals surface area contributed by atoms with Crippen LogP contribution in [-0.4, -0.2) is 10.1 Å². The first-order valence-corrected chi connectivity index (χ1v) is 6.76. The summed E-state index contributed by atoms with van der Waals surface area (Å²) in [6, 6.07) is 17.2. The van der Waals surface area contributed by atoms with Gasteiger partial charge in [-0.25, -0.2) is 0 Å². The first-order valence-electron chi connectivity index (χ1n) is 5.94. The maximum Gasteiger partial charge on any atom is 0.224 e. The van der Waals surface area contributed by atoms with Crippen LogP contribution in [-0.2, 0) is 0 Å². The zero-order chi connectivity index (χ0) is 13.1. The fraction of sp³-hybridized carbons (Fsp3) is 0. The Kier molecular flexibility index (Phi) is 3.29. The molecule has 2 nitrogen and oxygen atoms in total. The molecule has 92 valence electrons. The van der Waals surface area contributed by atoms with Gasteiger partial charge in [0.2, 0.25) is 5.12 Å². The van der Waals surface area contributed by atoms with E-state index in [2.05, 4.69) is 4.98 Å². The lowest BCUT2D eigenvalue weighted by Crippen LogP contribution is -1.92. The van der Waals surface area contributed by atoms with Crippen LogP contribution in [0.1, 0.15) is 10.4 Å². The number of hydrogen-bond acceptors (Lipinski definition) is 3. The normalized spacial score (nSPS) is 10.5. The van der Waals surface area contributed by atoms with Gasteiger partial charge in [-0.15, -0.1) is 0 Å². The van der Waals surface area contributed by atoms with Crippen LogP contribution >= 0.6 is 11.8 Å². The number of hydrogen-bond donors (Lipinski definition) is 0. The van der Waals surface area contributed by atoms with Gasteiger partial charge in [-0.2, -0.15) is 0 Å². The summed E-state index contributed by atoms with van der Waals surface area (Å²) in [6.45, 7) is 0. The summed E-state index contributed by atoms with van der Waals surface area (Å²) in [6.07, 6.45) is 3.56. The lowest BCUT2D eigenvalue weighted by Gasteiger charge is -2.05. The summed E-state index contributed by atoms with van der Waals surface area (Å²) in [7, 11) is 0. The van der Waals surface area contributed by atoms with Gasteiger partial charge in [0.25, 0.3) is 0 Å². The average Bonchev–Trinajstić information content (AvgIpc) is 2.48. The molecule has 0 unspecified atom stereocenters. The summed E-state index contributed by atoms with van der Waals surface area (Å²) in [4.78, 5) is 17.3. The monoisotopic (exact) mass is 265 g/mol. The Morgan fingerprint density at radius 3 is 2.63 bits per heavy atom. The Hall–Kier alpha value is -2.13. The fourth-order valence-corrected chi connectivity index (χ4v) is 2.81. The Labute approximate surface area is 115 Å². The van der Waals surface area contributed by atoms with Gasteiger partial charge in [0.1, 0.15) is 0 Å². The maximum absolute atomic E-state index is 12.2. The van der Waals surface area contributed by atoms with Gasteiger partial charge in [-0.1, -0.05) is 42.5 Å². The third-order valence-electron chi connectivity index (χ3n) is 2.85. The second kappa shape index (κ2) is 5.24. The highest BCUT2D eigenvalue weighted by molar-refractivity contribution is 8.14. The topological polar surface area (TPSA) is 30.0 Å². The molecule has 0 atom stereocenters. The second-order valence-corrected chi connectivity index (χ2v) is 5.12. The molecule has 3 aromatic rings. The van der Waals surface area contributed by atoms with Crippen molar-refractivity contribution in [1.82, 2.24) is 4.98 Å². The van der Waals surface area contributed by atoms with Crippen molar-refractivity contribution in [2.24, 2.45) is 0 Å². The summed E-state index contributed by atoms with van der Waals surface area (Å²) < 4.78 is 0. The summed E-state index contributed by atoms with van der Waals surface area (Å²) in [5, 5.41) is 2.17. The van der Waals surface area contributed by atoms with E-state index in [0.717, 1.165) is 21.2 Å². The van der Waals surface area contributed by atoms with Crippen molar-refractivity contribution in [1.29, 1.82) is 0 Å². The van der Waals surface area contributed by atoms with Gasteiger partial charge in [0.05, 0.1) is 0 Å². The molecule has 19 heavy (non-hydrogen) atoms. The minimum absolute atomic E-state index is 0.0601. The molecule has 0 spiro atoms. The summed E-state index contributed by atoms with van der Waals surface area (Å²) in [5.41, 5.74) is 0.721. The molecule has 0 radical (unpaired) electrons. The smallest absolute Gasteiger partial charge is 0.224 e. The predicted molar refractivity (Wildman–Crippen MR) is 78.4 cm³/mol. The van der Waals surface area contributed by atoms with E-state index in [9.17, 15) is 4.79 Å². The van der Waals surface area contributed by atoms with Crippen LogP contribution in [0.4, 0.5) is 0 Å². The predicted octanol–water partition coefficient (Wildman–Crippen LogP) is 4.17. The summed E-state index contributed by atoms with van der Waals surface area (Å²) in [5.74, 6) is 0. The number of rotatable bonds is 2. The van der Waals surface area contributed by atoms with Crippen LogP contribution in [0.5, 0.6) is 0 Å². The molecule has 0 aliphatic rings. The lowest BCUT2D eigenvalue weighted by atomic mass is 10.2. The highest BCUT2D eigenvalue weighted by Gasteiger charge is 2.09. The van der Waals surface area contributed by atoms with E-state index in [1.165, 1.54) is 11.8 Å². The van der Waals surface area contributed by atoms with Crippen molar-refractivity contribution in [2.45, 2.75) is 4.90 Å². The van der Waals surface area contributed by atoms with Crippen molar-refractivity contribution in [3.63, 3.8) is 0 Å². The molecule has 0 aliphatic carbocycles. The number of aromatic nitrogens is 1. The molecule has 0 saturated carbocycles. The fourth-order valence-electron chi connectivity index (χ4n) is 1.91. The zero-order valence-corrected chi connectivity index (χ0v) is 10.9. The molecule has 1 aromatic heterocycles. The van der Waals surface area contributed by atoms with Gasteiger partial charge in [-0.3, -0.25) is 9.78 Å². The molecular formula is C16H11NOS. The van der Waals surface area contributed by atoms with E-state index in [0.29, 0.717) is 0 Å². The largest absolute Gasteiger partial charge is 0.281 e. The third kappa shape index (κ3) is 2.51. The highest BCUT2D eigenvalue weighted by atomic mass is 32.2. The number of fused-ring (bicyclic) bond motifs is 1. The Bertz CT molecular complexity index is 720. The lowest BCUT2D eigenvalue weighted by molar-refractivity contribution is 0.108. The molecule has 2 aromatic carbocycles. The Morgan fingerprint density at radius 2 is 1.79 bits per heavy atom. The SMILES string of the molecule is O=C(Sc1cccc2cnccc12)c1ccccc1. The minimum atomic E-state index is 0.0601. The first kappa shape index (κ1) is 11.9. The molecule has 0 N–H and O–H groups in total. The molecule has 0 amide bonds. The number of carbonyl (C=O) groups excluding carboxylic acids is 1. The molecule has 0 aliphatic heterocycles. The number of benzene rings is 2. The van der Waals surface area contributed by atoms with Crippen molar-refractivity contribution in [3.05, 3.63) is 72.6 Å². The van der Waals surface area contributed by atoms with Crippen LogP contribution in [0.15, 0.2) is 71.9 Å². The molecule has 0 fully saturated rings. The molecule has 3 heteroatoms. The molecular weight excluding hydrogens is 254 g/mol. The van der Waals surface area contributed by atoms with E-state index in [-0.39, 0.29) is 5.12 Å². The third-order valence-corrected chi connectivity index (χ3v) is 3.85. The van der Waals surface area contributed by atoms with E-state index in [1.807, 2.05) is 60.8 Å². The Morgan fingerprint density at radius 1 is 0.947 bits per heavy atom. The maximum atomic E-state index is 12.2. The van der Waals surface area contributed by atoms with Gasteiger partial charge in [-0.05, 0) is 29.3 Å². The van der Waals surface area contributed by atoms with Gasteiger partial charge >= 0.3 is 0 Å². The molecule has 0 saturated heterocycles. The number of thioether (sulfide) groups is 1. The van der Waals surface area contributed by atoms with Crippen LogP contribution in [0.2, 0.25) is 0 Å². The van der Waals surface area contributed by atoms with E-state index >= 15 is 0 Å². The number of pyridine rings is 1. The quantitative estimate of drug-likeness (QED) is 0.651. The van der Waals surface area contributed by atoms with Crippen molar-refractivity contribution < 1.29 is 4.79 Å². The van der Waals surface area contributed by atoms with Crippen molar-refractivity contribution >= 4 is 27.6 Å². The van der Waals surface area contributed by atoms with Crippen molar-refractivity contribution in [2.75, 3.05) is 0 Å². The molecule has 0 bridgehead atoms. The first-order chi connectivity index (χ1) is 9.34. The summed E-state index contributed by atoms with van der Waals surface area (Å²) >= 11 is 1.26. The van der Waals surface area contributed by atoms with E-state index < -0.39 is 0 Å². The standard InChI is InChI=1S/C16H11NOS/c18-16(12-5-2-1-3-6-12)19-15-8-4-7-13-11-17-10-9-14(13)15/h1-11H. The second-order valence-electron chi connectivity index (χ2n) is 4.11. The highest BCUT2D eigenvalue weighted by Crippen LogP contribution is 2.29. The van der Waals surface area contributed by atoms with Gasteiger partial charge in [0, 0.05) is 28.2 Å². The van der Waals surface area contributed by atoms with Crippen LogP contribution < -0.4 is 0 Å². The molecule has 1 heterocycles.